The Kier molecular flexibility index (Phi) is 2.70. The van der Waals surface area contributed by atoms with Crippen molar-refractivity contribution in [1.82, 2.24) is 16.0 Å². The van der Waals surface area contributed by atoms with Gasteiger partial charge in [-0.3, -0.25) is 20.4 Å². The highest BCUT2D eigenvalue weighted by Crippen LogP contribution is 2.14. The molecule has 0 aliphatic heterocycles. The van der Waals surface area contributed by atoms with E-state index in [0.717, 1.165) is 0 Å². The van der Waals surface area contributed by atoms with Gasteiger partial charge >= 0.3 is 0 Å². The molecular formula is C7H10N4O3. The summed E-state index contributed by atoms with van der Waals surface area (Å²) in [5.74, 6) is -1.02. The fourth-order valence-electron chi connectivity index (χ4n) is 0.871. The van der Waals surface area contributed by atoms with Gasteiger partial charge in [0, 0.05) is 6.92 Å². The molecule has 7 heteroatoms. The Balaban J connectivity index is 2.74. The van der Waals surface area contributed by atoms with Gasteiger partial charge in [0.2, 0.25) is 11.8 Å². The van der Waals surface area contributed by atoms with E-state index in [1.807, 2.05) is 0 Å². The van der Waals surface area contributed by atoms with Gasteiger partial charge in [0.05, 0.1) is 5.69 Å². The summed E-state index contributed by atoms with van der Waals surface area (Å²) in [6.45, 7) is 2.84. The molecule has 1 aromatic rings. The third-order valence-corrected chi connectivity index (χ3v) is 1.47. The van der Waals surface area contributed by atoms with Gasteiger partial charge in [-0.15, -0.1) is 0 Å². The molecule has 1 rings (SSSR count). The fraction of sp³-hybridized carbons (Fsp3) is 0.286. The maximum Gasteiger partial charge on any atom is 0.277 e. The number of amides is 2. The molecule has 1 aromatic heterocycles. The lowest BCUT2D eigenvalue weighted by Gasteiger charge is -2.03. The summed E-state index contributed by atoms with van der Waals surface area (Å²) in [5.41, 5.74) is 10.1. The molecule has 0 saturated carbocycles. The monoisotopic (exact) mass is 198 g/mol. The molecule has 0 spiro atoms. The van der Waals surface area contributed by atoms with Crippen LogP contribution in [0, 0.1) is 6.92 Å². The number of aryl methyl sites for hydroxylation is 1. The molecule has 14 heavy (non-hydrogen) atoms. The molecule has 0 aliphatic carbocycles. The Hall–Kier alpha value is -2.05. The third kappa shape index (κ3) is 2.00. The molecule has 0 saturated heterocycles. The minimum absolute atomic E-state index is 0.0784. The molecule has 0 aliphatic rings. The van der Waals surface area contributed by atoms with Crippen molar-refractivity contribution in [3.8, 4) is 0 Å². The Labute approximate surface area is 79.6 Å². The van der Waals surface area contributed by atoms with E-state index in [9.17, 15) is 9.59 Å². The predicted octanol–water partition coefficient (Wildman–Crippen LogP) is -0.654. The molecule has 0 bridgehead atoms. The zero-order valence-corrected chi connectivity index (χ0v) is 7.75. The van der Waals surface area contributed by atoms with Crippen LogP contribution in [-0.2, 0) is 4.79 Å². The van der Waals surface area contributed by atoms with Crippen molar-refractivity contribution in [2.75, 3.05) is 5.73 Å². The van der Waals surface area contributed by atoms with Crippen LogP contribution < -0.4 is 16.6 Å². The second-order valence-corrected chi connectivity index (χ2v) is 2.64. The van der Waals surface area contributed by atoms with E-state index in [-0.39, 0.29) is 17.4 Å². The van der Waals surface area contributed by atoms with Crippen LogP contribution in [0.1, 0.15) is 23.0 Å². The first-order valence-electron chi connectivity index (χ1n) is 3.81. The summed E-state index contributed by atoms with van der Waals surface area (Å²) in [7, 11) is 0. The number of nitrogens with zero attached hydrogens (tertiary/aromatic N) is 1. The Morgan fingerprint density at radius 2 is 2.07 bits per heavy atom. The van der Waals surface area contributed by atoms with Crippen LogP contribution in [0.5, 0.6) is 0 Å². The largest absolute Gasteiger partial charge is 0.367 e. The van der Waals surface area contributed by atoms with Crippen LogP contribution in [0.3, 0.4) is 0 Å². The van der Waals surface area contributed by atoms with Crippen LogP contribution in [0.2, 0.25) is 0 Å². The number of nitrogen functional groups attached to an aromatic ring is 1. The quantitative estimate of drug-likeness (QED) is 0.519. The minimum atomic E-state index is -0.559. The van der Waals surface area contributed by atoms with Gasteiger partial charge in [0.25, 0.3) is 5.91 Å². The summed E-state index contributed by atoms with van der Waals surface area (Å²) >= 11 is 0. The summed E-state index contributed by atoms with van der Waals surface area (Å²) in [6, 6.07) is 0. The third-order valence-electron chi connectivity index (χ3n) is 1.47. The first-order valence-corrected chi connectivity index (χ1v) is 3.81. The molecule has 0 fully saturated rings. The van der Waals surface area contributed by atoms with Gasteiger partial charge < -0.3 is 10.3 Å². The van der Waals surface area contributed by atoms with Gasteiger partial charge in [-0.2, -0.15) is 0 Å². The minimum Gasteiger partial charge on any atom is -0.367 e. The second kappa shape index (κ2) is 3.77. The average molecular weight is 198 g/mol. The van der Waals surface area contributed by atoms with Gasteiger partial charge in [0.15, 0.2) is 0 Å². The standard InChI is InChI=1S/C7H10N4O3/c1-3-5(6(8)14-11-3)7(13)10-9-4(2)12/h8H2,1-2H3,(H,9,12)(H,10,13). The number of hydrogen-bond donors (Lipinski definition) is 3. The molecule has 0 radical (unpaired) electrons. The van der Waals surface area contributed by atoms with E-state index in [0.29, 0.717) is 5.69 Å². The van der Waals surface area contributed by atoms with Crippen molar-refractivity contribution in [1.29, 1.82) is 0 Å². The van der Waals surface area contributed by atoms with E-state index in [1.54, 1.807) is 6.92 Å². The molecule has 4 N–H and O–H groups in total. The number of hydrazine groups is 1. The first-order chi connectivity index (χ1) is 6.52. The lowest BCUT2D eigenvalue weighted by molar-refractivity contribution is -0.119. The molecule has 2 amide bonds. The first kappa shape index (κ1) is 10.0. The lowest BCUT2D eigenvalue weighted by atomic mass is 10.2. The summed E-state index contributed by atoms with van der Waals surface area (Å²) in [5, 5.41) is 3.49. The number of anilines is 1. The number of carbonyl (C=O) groups is 2. The fourth-order valence-corrected chi connectivity index (χ4v) is 0.871. The van der Waals surface area contributed by atoms with Crippen LogP contribution in [0.25, 0.3) is 0 Å². The van der Waals surface area contributed by atoms with Gasteiger partial charge in [-0.25, -0.2) is 0 Å². The van der Waals surface area contributed by atoms with Crippen molar-refractivity contribution in [2.45, 2.75) is 13.8 Å². The highest BCUT2D eigenvalue weighted by molar-refractivity contribution is 5.99. The zero-order valence-electron chi connectivity index (χ0n) is 7.75. The van der Waals surface area contributed by atoms with Crippen LogP contribution in [-0.4, -0.2) is 17.0 Å². The maximum absolute atomic E-state index is 11.3. The molecule has 1 heterocycles. The number of nitrogens with two attached hydrogens (primary N) is 1. The second-order valence-electron chi connectivity index (χ2n) is 2.64. The number of nitrogens with one attached hydrogen (secondary N) is 2. The van der Waals surface area contributed by atoms with E-state index in [2.05, 4.69) is 20.5 Å². The Bertz CT molecular complexity index is 352. The highest BCUT2D eigenvalue weighted by atomic mass is 16.5. The van der Waals surface area contributed by atoms with Crippen molar-refractivity contribution >= 4 is 17.7 Å². The summed E-state index contributed by atoms with van der Waals surface area (Å²) < 4.78 is 4.58. The number of aromatic nitrogens is 1. The smallest absolute Gasteiger partial charge is 0.277 e. The van der Waals surface area contributed by atoms with E-state index in [1.165, 1.54) is 6.92 Å². The number of rotatable bonds is 1. The number of hydrogen-bond acceptors (Lipinski definition) is 5. The van der Waals surface area contributed by atoms with Crippen molar-refractivity contribution in [3.05, 3.63) is 11.3 Å². The molecule has 76 valence electrons. The normalized spacial score (nSPS) is 9.57. The van der Waals surface area contributed by atoms with Crippen LogP contribution >= 0.6 is 0 Å². The SMILES string of the molecule is CC(=O)NNC(=O)c1c(C)noc1N. The Morgan fingerprint density at radius 3 is 2.50 bits per heavy atom. The zero-order chi connectivity index (χ0) is 10.7. The summed E-state index contributed by atoms with van der Waals surface area (Å²) in [4.78, 5) is 21.8. The topological polar surface area (TPSA) is 110 Å². The van der Waals surface area contributed by atoms with Gasteiger partial charge in [-0.1, -0.05) is 5.16 Å². The maximum atomic E-state index is 11.3. The molecule has 0 atom stereocenters. The van der Waals surface area contributed by atoms with Crippen molar-refractivity contribution in [3.63, 3.8) is 0 Å². The molecule has 0 aromatic carbocycles. The average Bonchev–Trinajstić information content (AvgIpc) is 2.42. The Morgan fingerprint density at radius 1 is 1.43 bits per heavy atom. The van der Waals surface area contributed by atoms with Crippen LogP contribution in [0.4, 0.5) is 5.88 Å². The lowest BCUT2D eigenvalue weighted by Crippen LogP contribution is -2.40. The van der Waals surface area contributed by atoms with E-state index >= 15 is 0 Å². The van der Waals surface area contributed by atoms with Crippen molar-refractivity contribution < 1.29 is 14.1 Å². The molecule has 7 nitrogen and oxygen atoms in total. The molecular weight excluding hydrogens is 188 g/mol. The summed E-state index contributed by atoms with van der Waals surface area (Å²) in [6.07, 6.45) is 0. The van der Waals surface area contributed by atoms with Crippen molar-refractivity contribution in [2.24, 2.45) is 0 Å². The van der Waals surface area contributed by atoms with E-state index < -0.39 is 5.91 Å². The van der Waals surface area contributed by atoms with Gasteiger partial charge in [-0.05, 0) is 6.92 Å². The van der Waals surface area contributed by atoms with E-state index in [4.69, 9.17) is 5.73 Å². The predicted molar refractivity (Wildman–Crippen MR) is 46.9 cm³/mol. The molecule has 0 unspecified atom stereocenters. The number of carbonyl (C=O) groups excluding carboxylic acids is 2. The van der Waals surface area contributed by atoms with Gasteiger partial charge in [0.1, 0.15) is 5.56 Å². The van der Waals surface area contributed by atoms with Crippen LogP contribution in [0.15, 0.2) is 4.52 Å². The highest BCUT2D eigenvalue weighted by Gasteiger charge is 2.17.